The van der Waals surface area contributed by atoms with Crippen LogP contribution in [0.25, 0.3) is 0 Å². The van der Waals surface area contributed by atoms with E-state index in [1.807, 2.05) is 42.8 Å². The third-order valence-electron chi connectivity index (χ3n) is 5.84. The molecule has 7 nitrogen and oxygen atoms in total. The van der Waals surface area contributed by atoms with Gasteiger partial charge < -0.3 is 15.0 Å². The van der Waals surface area contributed by atoms with Gasteiger partial charge >= 0.3 is 6.03 Å². The number of hydrogen-bond donors (Lipinski definition) is 1. The Hall–Kier alpha value is -2.65. The number of rotatable bonds is 6. The number of anilines is 1. The maximum absolute atomic E-state index is 13.1. The van der Waals surface area contributed by atoms with Crippen LogP contribution in [0.4, 0.5) is 10.5 Å². The number of ether oxygens (including phenoxy) is 1. The number of amides is 4. The van der Waals surface area contributed by atoms with Gasteiger partial charge in [-0.05, 0) is 61.8 Å². The molecule has 9 heteroatoms. The zero-order chi connectivity index (χ0) is 22.8. The van der Waals surface area contributed by atoms with Crippen molar-refractivity contribution in [3.63, 3.8) is 0 Å². The van der Waals surface area contributed by atoms with E-state index in [1.165, 1.54) is 12.0 Å². The molecule has 2 saturated heterocycles. The van der Waals surface area contributed by atoms with Crippen LogP contribution in [0.3, 0.4) is 0 Å². The predicted molar refractivity (Wildman–Crippen MR) is 127 cm³/mol. The van der Waals surface area contributed by atoms with Gasteiger partial charge in [-0.3, -0.25) is 9.59 Å². The Balaban J connectivity index is 1.48. The van der Waals surface area contributed by atoms with Gasteiger partial charge in [-0.2, -0.15) is 0 Å². The van der Waals surface area contributed by atoms with Crippen molar-refractivity contribution in [3.8, 4) is 5.75 Å². The summed E-state index contributed by atoms with van der Waals surface area (Å²) in [5.41, 5.74) is 1.04. The third kappa shape index (κ3) is 4.19. The first-order chi connectivity index (χ1) is 15.5. The predicted octanol–water partition coefficient (Wildman–Crippen LogP) is 3.87. The Morgan fingerprint density at radius 3 is 2.56 bits per heavy atom. The average molecular weight is 472 g/mol. The van der Waals surface area contributed by atoms with Gasteiger partial charge in [-0.15, -0.1) is 23.5 Å². The zero-order valence-corrected chi connectivity index (χ0v) is 19.8. The number of nitrogens with one attached hydrogen (secondary N) is 1. The highest BCUT2D eigenvalue weighted by Crippen LogP contribution is 2.33. The van der Waals surface area contributed by atoms with Gasteiger partial charge in [0.05, 0.1) is 18.4 Å². The fourth-order valence-corrected chi connectivity index (χ4v) is 5.05. The van der Waals surface area contributed by atoms with Crippen molar-refractivity contribution in [1.82, 2.24) is 10.2 Å². The second-order valence-electron chi connectivity index (χ2n) is 7.63. The summed E-state index contributed by atoms with van der Waals surface area (Å²) < 4.78 is 5.39. The molecule has 2 aromatic carbocycles. The number of nitrogens with zero attached hydrogens (tertiary/aromatic N) is 2. The second-order valence-corrected chi connectivity index (χ2v) is 9.39. The minimum Gasteiger partial charge on any atom is -0.496 e. The van der Waals surface area contributed by atoms with Crippen molar-refractivity contribution in [2.45, 2.75) is 34.7 Å². The first-order valence-electron chi connectivity index (χ1n) is 10.3. The van der Waals surface area contributed by atoms with E-state index < -0.39 is 6.04 Å². The quantitative estimate of drug-likeness (QED) is 0.509. The molecule has 2 aromatic rings. The van der Waals surface area contributed by atoms with Gasteiger partial charge in [0.2, 0.25) is 0 Å². The fourth-order valence-electron chi connectivity index (χ4n) is 4.17. The van der Waals surface area contributed by atoms with Gasteiger partial charge in [-0.1, -0.05) is 6.07 Å². The summed E-state index contributed by atoms with van der Waals surface area (Å²) in [6, 6.07) is 11.8. The average Bonchev–Trinajstić information content (AvgIpc) is 3.07. The van der Waals surface area contributed by atoms with E-state index >= 15 is 0 Å². The molecule has 2 atom stereocenters. The minimum absolute atomic E-state index is 0.206. The molecule has 0 spiro atoms. The molecule has 2 aliphatic rings. The van der Waals surface area contributed by atoms with Gasteiger partial charge in [0.1, 0.15) is 11.8 Å². The molecule has 2 heterocycles. The molecule has 4 amide bonds. The summed E-state index contributed by atoms with van der Waals surface area (Å²) in [6.45, 7) is 0.418. The maximum Gasteiger partial charge on any atom is 0.332 e. The number of fused-ring (bicyclic) bond motifs is 1. The van der Waals surface area contributed by atoms with Gasteiger partial charge in [0.25, 0.3) is 11.8 Å². The standard InChI is InChI=1S/C23H25N3O4S2/c1-30-20-13-17(32-3)7-8-18(20)21(27)24-14-9-10-25-19(11-14)22(28)26(23(25)29)15-5-4-6-16(12-15)31-2/h4-8,12-14,19H,9-11H2,1-3H3,(H,24,27). The lowest BCUT2D eigenvalue weighted by Crippen LogP contribution is -2.49. The van der Waals surface area contributed by atoms with Crippen molar-refractivity contribution in [2.24, 2.45) is 0 Å². The van der Waals surface area contributed by atoms with Crippen LogP contribution in [0.5, 0.6) is 5.75 Å². The highest BCUT2D eigenvalue weighted by atomic mass is 32.2. The Labute approximate surface area is 195 Å². The van der Waals surface area contributed by atoms with Crippen molar-refractivity contribution < 1.29 is 19.1 Å². The van der Waals surface area contributed by atoms with E-state index in [0.29, 0.717) is 36.4 Å². The van der Waals surface area contributed by atoms with E-state index in [0.717, 1.165) is 9.79 Å². The summed E-state index contributed by atoms with van der Waals surface area (Å²) in [7, 11) is 1.54. The smallest absolute Gasteiger partial charge is 0.332 e. The molecule has 0 saturated carbocycles. The lowest BCUT2D eigenvalue weighted by atomic mass is 9.97. The van der Waals surface area contributed by atoms with Crippen LogP contribution in [0, 0.1) is 0 Å². The number of hydrogen-bond acceptors (Lipinski definition) is 6. The van der Waals surface area contributed by atoms with Crippen LogP contribution in [0.2, 0.25) is 0 Å². The summed E-state index contributed by atoms with van der Waals surface area (Å²) in [5, 5.41) is 3.03. The summed E-state index contributed by atoms with van der Waals surface area (Å²) >= 11 is 3.13. The molecular formula is C23H25N3O4S2. The topological polar surface area (TPSA) is 79.0 Å². The Morgan fingerprint density at radius 2 is 1.84 bits per heavy atom. The number of urea groups is 1. The monoisotopic (exact) mass is 471 g/mol. The van der Waals surface area contributed by atoms with E-state index in [9.17, 15) is 14.4 Å². The number of benzene rings is 2. The molecule has 0 aliphatic carbocycles. The van der Waals surface area contributed by atoms with Crippen LogP contribution in [-0.2, 0) is 4.79 Å². The normalized spacial score (nSPS) is 20.3. The lowest BCUT2D eigenvalue weighted by Gasteiger charge is -2.32. The summed E-state index contributed by atoms with van der Waals surface area (Å²) in [6.07, 6.45) is 4.89. The highest BCUT2D eigenvalue weighted by Gasteiger charge is 2.48. The number of imide groups is 1. The highest BCUT2D eigenvalue weighted by molar-refractivity contribution is 7.98. The number of carbonyl (C=O) groups excluding carboxylic acids is 3. The lowest BCUT2D eigenvalue weighted by molar-refractivity contribution is -0.120. The van der Waals surface area contributed by atoms with E-state index in [2.05, 4.69) is 5.32 Å². The van der Waals surface area contributed by atoms with Crippen molar-refractivity contribution in [2.75, 3.05) is 31.1 Å². The number of piperidine rings is 1. The first-order valence-corrected chi connectivity index (χ1v) is 12.7. The van der Waals surface area contributed by atoms with Crippen molar-refractivity contribution >= 4 is 47.1 Å². The number of thioether (sulfide) groups is 2. The second kappa shape index (κ2) is 9.46. The van der Waals surface area contributed by atoms with Crippen LogP contribution < -0.4 is 15.0 Å². The fraction of sp³-hybridized carbons (Fsp3) is 0.348. The minimum atomic E-state index is -0.569. The number of methoxy groups -OCH3 is 1. The van der Waals surface area contributed by atoms with Crippen LogP contribution in [0.1, 0.15) is 23.2 Å². The molecule has 2 fully saturated rings. The summed E-state index contributed by atoms with van der Waals surface area (Å²) in [4.78, 5) is 43.9. The van der Waals surface area contributed by atoms with Crippen LogP contribution in [0.15, 0.2) is 52.3 Å². The van der Waals surface area contributed by atoms with Gasteiger partial charge in [-0.25, -0.2) is 9.69 Å². The molecule has 2 unspecified atom stereocenters. The molecule has 4 rings (SSSR count). The summed E-state index contributed by atoms with van der Waals surface area (Å²) in [5.74, 6) is 0.0297. The van der Waals surface area contributed by atoms with E-state index in [4.69, 9.17) is 4.74 Å². The largest absolute Gasteiger partial charge is 0.496 e. The Kier molecular flexibility index (Phi) is 6.66. The molecule has 0 aromatic heterocycles. The van der Waals surface area contributed by atoms with Crippen LogP contribution >= 0.6 is 23.5 Å². The molecular weight excluding hydrogens is 446 g/mol. The molecule has 1 N–H and O–H groups in total. The van der Waals surface area contributed by atoms with Crippen LogP contribution in [-0.4, -0.2) is 61.0 Å². The van der Waals surface area contributed by atoms with Gasteiger partial charge in [0, 0.05) is 22.4 Å². The van der Waals surface area contributed by atoms with Gasteiger partial charge in [0.15, 0.2) is 0 Å². The SMILES string of the molecule is COc1cc(SC)ccc1C(=O)NC1CCN2C(=O)N(c3cccc(SC)c3)C(=O)C2C1. The molecule has 32 heavy (non-hydrogen) atoms. The molecule has 2 aliphatic heterocycles. The number of carbonyl (C=O) groups is 3. The molecule has 0 radical (unpaired) electrons. The van der Waals surface area contributed by atoms with E-state index in [-0.39, 0.29) is 23.9 Å². The zero-order valence-electron chi connectivity index (χ0n) is 18.2. The Bertz CT molecular complexity index is 1060. The molecule has 168 valence electrons. The van der Waals surface area contributed by atoms with Crippen molar-refractivity contribution in [1.29, 1.82) is 0 Å². The van der Waals surface area contributed by atoms with Crippen molar-refractivity contribution in [3.05, 3.63) is 48.0 Å². The Morgan fingerprint density at radius 1 is 1.09 bits per heavy atom. The first kappa shape index (κ1) is 22.5. The van der Waals surface area contributed by atoms with E-state index in [1.54, 1.807) is 40.6 Å². The maximum atomic E-state index is 13.1. The third-order valence-corrected chi connectivity index (χ3v) is 7.30. The molecule has 0 bridgehead atoms.